The number of benzene rings is 1. The minimum Gasteiger partial charge on any atom is -0.368 e. The maximum absolute atomic E-state index is 6.10. The van der Waals surface area contributed by atoms with Crippen LogP contribution in [0.25, 0.3) is 5.65 Å². The summed E-state index contributed by atoms with van der Waals surface area (Å²) >= 11 is 6.10. The van der Waals surface area contributed by atoms with E-state index in [1.165, 1.54) is 16.9 Å². The highest BCUT2D eigenvalue weighted by Gasteiger charge is 2.20. The number of halogens is 1. The third kappa shape index (κ3) is 2.73. The SMILES string of the molecule is Cc1cc2nc(N)nn2cc1N1CCN(c2cccc(Cl)c2)CC1. The zero-order valence-electron chi connectivity index (χ0n) is 13.5. The number of nitrogen functional groups attached to an aromatic ring is 1. The monoisotopic (exact) mass is 342 g/mol. The van der Waals surface area contributed by atoms with Gasteiger partial charge in [0.05, 0.1) is 11.9 Å². The highest BCUT2D eigenvalue weighted by Crippen LogP contribution is 2.25. The van der Waals surface area contributed by atoms with Crippen LogP contribution in [-0.2, 0) is 0 Å². The van der Waals surface area contributed by atoms with Crippen molar-refractivity contribution in [2.45, 2.75) is 6.92 Å². The molecule has 2 N–H and O–H groups in total. The maximum Gasteiger partial charge on any atom is 0.240 e. The number of rotatable bonds is 2. The highest BCUT2D eigenvalue weighted by molar-refractivity contribution is 6.30. The van der Waals surface area contributed by atoms with Gasteiger partial charge < -0.3 is 15.5 Å². The molecule has 0 atom stereocenters. The van der Waals surface area contributed by atoms with E-state index in [0.717, 1.165) is 36.8 Å². The van der Waals surface area contributed by atoms with E-state index < -0.39 is 0 Å². The van der Waals surface area contributed by atoms with E-state index in [2.05, 4.69) is 32.9 Å². The molecular formula is C17H19ClN6. The smallest absolute Gasteiger partial charge is 0.240 e. The minimum atomic E-state index is 0.303. The van der Waals surface area contributed by atoms with Gasteiger partial charge in [0.2, 0.25) is 5.95 Å². The molecule has 6 nitrogen and oxygen atoms in total. The summed E-state index contributed by atoms with van der Waals surface area (Å²) in [5.74, 6) is 0.303. The van der Waals surface area contributed by atoms with Gasteiger partial charge in [-0.1, -0.05) is 17.7 Å². The summed E-state index contributed by atoms with van der Waals surface area (Å²) in [7, 11) is 0. The fraction of sp³-hybridized carbons (Fsp3) is 0.294. The number of anilines is 3. The number of piperazine rings is 1. The molecule has 7 heteroatoms. The highest BCUT2D eigenvalue weighted by atomic mass is 35.5. The molecular weight excluding hydrogens is 324 g/mol. The molecule has 1 aromatic carbocycles. The van der Waals surface area contributed by atoms with Crippen LogP contribution < -0.4 is 15.5 Å². The number of aromatic nitrogens is 3. The quantitative estimate of drug-likeness (QED) is 0.775. The number of aryl methyl sites for hydroxylation is 1. The molecule has 4 rings (SSSR count). The molecule has 0 radical (unpaired) electrons. The second-order valence-electron chi connectivity index (χ2n) is 6.07. The largest absolute Gasteiger partial charge is 0.368 e. The zero-order valence-corrected chi connectivity index (χ0v) is 14.2. The summed E-state index contributed by atoms with van der Waals surface area (Å²) in [6.45, 7) is 5.91. The molecule has 0 amide bonds. The van der Waals surface area contributed by atoms with Gasteiger partial charge in [-0.05, 0) is 36.8 Å². The molecule has 0 spiro atoms. The van der Waals surface area contributed by atoms with Crippen molar-refractivity contribution in [2.24, 2.45) is 0 Å². The Kier molecular flexibility index (Phi) is 3.69. The van der Waals surface area contributed by atoms with E-state index >= 15 is 0 Å². The molecule has 1 aliphatic heterocycles. The average Bonchev–Trinajstić information content (AvgIpc) is 2.93. The second-order valence-corrected chi connectivity index (χ2v) is 6.50. The summed E-state index contributed by atoms with van der Waals surface area (Å²) in [6, 6.07) is 10.1. The Labute approximate surface area is 145 Å². The van der Waals surface area contributed by atoms with Crippen molar-refractivity contribution in [3.63, 3.8) is 0 Å². The summed E-state index contributed by atoms with van der Waals surface area (Å²) in [5, 5.41) is 4.99. The first-order valence-corrected chi connectivity index (χ1v) is 8.36. The van der Waals surface area contributed by atoms with Crippen molar-refractivity contribution in [1.82, 2.24) is 14.6 Å². The molecule has 1 aliphatic rings. The Morgan fingerprint density at radius 2 is 1.83 bits per heavy atom. The molecule has 0 saturated carbocycles. The maximum atomic E-state index is 6.10. The molecule has 2 aromatic heterocycles. The lowest BCUT2D eigenvalue weighted by atomic mass is 10.2. The van der Waals surface area contributed by atoms with Crippen molar-refractivity contribution in [2.75, 3.05) is 41.7 Å². The predicted molar refractivity (Wildman–Crippen MR) is 98.0 cm³/mol. The Morgan fingerprint density at radius 3 is 2.58 bits per heavy atom. The number of hydrogen-bond donors (Lipinski definition) is 1. The van der Waals surface area contributed by atoms with Gasteiger partial charge in [-0.3, -0.25) is 0 Å². The number of fused-ring (bicyclic) bond motifs is 1. The van der Waals surface area contributed by atoms with Crippen molar-refractivity contribution >= 4 is 34.6 Å². The van der Waals surface area contributed by atoms with E-state index in [1.54, 1.807) is 4.52 Å². The fourth-order valence-electron chi connectivity index (χ4n) is 3.24. The van der Waals surface area contributed by atoms with Gasteiger partial charge in [-0.25, -0.2) is 4.52 Å². The molecule has 24 heavy (non-hydrogen) atoms. The van der Waals surface area contributed by atoms with Crippen LogP contribution in [0.15, 0.2) is 36.5 Å². The van der Waals surface area contributed by atoms with Gasteiger partial charge in [-0.2, -0.15) is 4.98 Å². The topological polar surface area (TPSA) is 62.7 Å². The van der Waals surface area contributed by atoms with E-state index in [9.17, 15) is 0 Å². The molecule has 0 bridgehead atoms. The minimum absolute atomic E-state index is 0.303. The Morgan fingerprint density at radius 1 is 1.08 bits per heavy atom. The van der Waals surface area contributed by atoms with Gasteiger partial charge in [0.1, 0.15) is 0 Å². The van der Waals surface area contributed by atoms with Gasteiger partial charge in [0.15, 0.2) is 5.65 Å². The summed E-state index contributed by atoms with van der Waals surface area (Å²) < 4.78 is 1.75. The molecule has 0 unspecified atom stereocenters. The van der Waals surface area contributed by atoms with Gasteiger partial charge in [-0.15, -0.1) is 5.10 Å². The third-order valence-electron chi connectivity index (χ3n) is 4.46. The predicted octanol–water partition coefficient (Wildman–Crippen LogP) is 2.60. The second kappa shape index (κ2) is 5.87. The van der Waals surface area contributed by atoms with Crippen molar-refractivity contribution in [3.05, 3.63) is 47.1 Å². The lowest BCUT2D eigenvalue weighted by Gasteiger charge is -2.38. The molecule has 1 saturated heterocycles. The van der Waals surface area contributed by atoms with Crippen LogP contribution in [0.5, 0.6) is 0 Å². The van der Waals surface area contributed by atoms with Crippen LogP contribution in [0, 0.1) is 6.92 Å². The standard InChI is InChI=1S/C17H19ClN6/c1-12-9-16-20-17(19)21-24(16)11-15(12)23-7-5-22(6-8-23)14-4-2-3-13(18)10-14/h2-4,9-11H,5-8H2,1H3,(H2,19,21). The van der Waals surface area contributed by atoms with Crippen molar-refractivity contribution in [1.29, 1.82) is 0 Å². The molecule has 124 valence electrons. The Hall–Kier alpha value is -2.47. The number of nitrogens with two attached hydrogens (primary N) is 1. The van der Waals surface area contributed by atoms with E-state index in [1.807, 2.05) is 30.5 Å². The van der Waals surface area contributed by atoms with E-state index in [4.69, 9.17) is 17.3 Å². The van der Waals surface area contributed by atoms with Gasteiger partial charge >= 0.3 is 0 Å². The van der Waals surface area contributed by atoms with Crippen LogP contribution in [-0.4, -0.2) is 40.8 Å². The van der Waals surface area contributed by atoms with Gasteiger partial charge in [0, 0.05) is 36.9 Å². The number of pyridine rings is 1. The molecule has 1 fully saturated rings. The van der Waals surface area contributed by atoms with Crippen LogP contribution >= 0.6 is 11.6 Å². The first-order chi connectivity index (χ1) is 11.6. The summed E-state index contributed by atoms with van der Waals surface area (Å²) in [4.78, 5) is 8.96. The summed E-state index contributed by atoms with van der Waals surface area (Å²) in [6.07, 6.45) is 2.02. The first-order valence-electron chi connectivity index (χ1n) is 7.98. The average molecular weight is 343 g/mol. The fourth-order valence-corrected chi connectivity index (χ4v) is 3.43. The number of nitrogens with zero attached hydrogens (tertiary/aromatic N) is 5. The molecule has 0 aliphatic carbocycles. The van der Waals surface area contributed by atoms with Crippen LogP contribution in [0.2, 0.25) is 5.02 Å². The Balaban J connectivity index is 1.54. The third-order valence-corrected chi connectivity index (χ3v) is 4.70. The van der Waals surface area contributed by atoms with E-state index in [-0.39, 0.29) is 0 Å². The van der Waals surface area contributed by atoms with Gasteiger partial charge in [0.25, 0.3) is 0 Å². The van der Waals surface area contributed by atoms with Crippen LogP contribution in [0.3, 0.4) is 0 Å². The van der Waals surface area contributed by atoms with E-state index in [0.29, 0.717) is 5.95 Å². The van der Waals surface area contributed by atoms with Crippen LogP contribution in [0.1, 0.15) is 5.56 Å². The lowest BCUT2D eigenvalue weighted by molar-refractivity contribution is 0.650. The Bertz CT molecular complexity index is 882. The van der Waals surface area contributed by atoms with Crippen molar-refractivity contribution < 1.29 is 0 Å². The lowest BCUT2D eigenvalue weighted by Crippen LogP contribution is -2.46. The molecule has 3 heterocycles. The zero-order chi connectivity index (χ0) is 16.7. The van der Waals surface area contributed by atoms with Crippen LogP contribution in [0.4, 0.5) is 17.3 Å². The summed E-state index contributed by atoms with van der Waals surface area (Å²) in [5.41, 5.74) is 10.0. The molecule has 3 aromatic rings. The number of hydrogen-bond acceptors (Lipinski definition) is 5. The van der Waals surface area contributed by atoms with Crippen molar-refractivity contribution in [3.8, 4) is 0 Å². The first kappa shape index (κ1) is 15.1. The normalized spacial score (nSPS) is 15.2.